The highest BCUT2D eigenvalue weighted by Gasteiger charge is 2.34. The second-order valence-corrected chi connectivity index (χ2v) is 14.9. The Morgan fingerprint density at radius 2 is 0.979 bits per heavy atom. The van der Waals surface area contributed by atoms with Crippen LogP contribution in [0.5, 0.6) is 0 Å². The van der Waals surface area contributed by atoms with Crippen molar-refractivity contribution in [3.05, 3.63) is 114 Å². The second-order valence-electron chi connectivity index (χ2n) is 14.9. The van der Waals surface area contributed by atoms with Gasteiger partial charge >= 0.3 is 0 Å². The van der Waals surface area contributed by atoms with E-state index in [4.69, 9.17) is 0 Å². The normalized spacial score (nSPS) is 15.0. The third kappa shape index (κ3) is 2.08. The van der Waals surface area contributed by atoms with Gasteiger partial charge in [-0.3, -0.25) is 9.59 Å². The van der Waals surface area contributed by atoms with Crippen LogP contribution in [0.2, 0.25) is 0 Å². The second kappa shape index (κ2) is 6.88. The number of fused-ring (bicyclic) bond motifs is 5. The molecule has 0 saturated heterocycles. The average molecular weight is 607 g/mol. The van der Waals surface area contributed by atoms with Crippen molar-refractivity contribution in [3.8, 4) is 0 Å². The van der Waals surface area contributed by atoms with Crippen molar-refractivity contribution in [3.63, 3.8) is 0 Å². The highest BCUT2D eigenvalue weighted by molar-refractivity contribution is 6.59. The molecule has 0 aromatic heterocycles. The Kier molecular flexibility index (Phi) is 3.36. The van der Waals surface area contributed by atoms with E-state index in [1.165, 1.54) is 125 Å². The molecule has 0 aliphatic heterocycles. The first-order chi connectivity index (χ1) is 23.5. The van der Waals surface area contributed by atoms with Gasteiger partial charge in [-0.15, -0.1) is 0 Å². The molecule has 0 fully saturated rings. The van der Waals surface area contributed by atoms with Gasteiger partial charge in [-0.25, -0.2) is 0 Å². The molecule has 2 heteroatoms. The summed E-state index contributed by atoms with van der Waals surface area (Å²) in [5, 5.41) is 28.0. The molecule has 12 aromatic carbocycles. The highest BCUT2D eigenvalue weighted by atomic mass is 16.2. The molecule has 0 heterocycles. The number of hydrogen-bond donors (Lipinski definition) is 0. The van der Waals surface area contributed by atoms with Crippen LogP contribution < -0.4 is 16.1 Å². The van der Waals surface area contributed by atoms with Crippen molar-refractivity contribution in [2.75, 3.05) is 0 Å². The van der Waals surface area contributed by atoms with Gasteiger partial charge in [0, 0.05) is 21.4 Å². The highest BCUT2D eigenvalue weighted by Crippen LogP contribution is 2.60. The van der Waals surface area contributed by atoms with E-state index in [0.29, 0.717) is 17.0 Å². The van der Waals surface area contributed by atoms with E-state index in [1.54, 1.807) is 0 Å². The summed E-state index contributed by atoms with van der Waals surface area (Å²) in [7, 11) is 0. The van der Waals surface area contributed by atoms with E-state index in [9.17, 15) is 9.59 Å². The standard InChI is InChI=1S/C46H22O2/c1-17-13-27-21-7-3-5-19-23-9-11-25-37-35(23)43-39(31(19)21)41-33(27)29(15-17)30-16-18(2)14-28-22-8-4-6-20-24-10-12-26(46(48)45(25)47)38(37)36(24)44(43)40(32(20)22)42(41)34(28)30/h3-7,9,11-16H,8,10H2,1-2H3. The zero-order valence-corrected chi connectivity index (χ0v) is 26.2. The van der Waals surface area contributed by atoms with E-state index < -0.39 is 0 Å². The molecule has 0 amide bonds. The molecule has 2 aliphatic carbocycles. The summed E-state index contributed by atoms with van der Waals surface area (Å²) in [6.07, 6.45) is 8.31. The van der Waals surface area contributed by atoms with Crippen LogP contribution in [0, 0.1) is 13.8 Å². The van der Waals surface area contributed by atoms with Gasteiger partial charge < -0.3 is 0 Å². The number of rotatable bonds is 0. The number of allylic oxidation sites excluding steroid dienone is 1. The Hall–Kier alpha value is -5.86. The molecular formula is C46H22O2. The molecule has 0 spiro atoms. The van der Waals surface area contributed by atoms with Crippen LogP contribution in [-0.2, 0) is 12.8 Å². The van der Waals surface area contributed by atoms with Gasteiger partial charge in [0.2, 0.25) is 10.9 Å². The maximum atomic E-state index is 13.9. The van der Waals surface area contributed by atoms with Crippen molar-refractivity contribution in [1.29, 1.82) is 0 Å². The zero-order chi connectivity index (χ0) is 31.2. The minimum atomic E-state index is -0.372. The Morgan fingerprint density at radius 3 is 1.75 bits per heavy atom. The van der Waals surface area contributed by atoms with E-state index in [-0.39, 0.29) is 10.9 Å². The molecule has 0 radical (unpaired) electrons. The largest absolute Gasteiger partial charge is 0.285 e. The fraction of sp³-hybridized carbons (Fsp3) is 0.0870. The lowest BCUT2D eigenvalue weighted by molar-refractivity contribution is 1.28. The molecular weight excluding hydrogens is 585 g/mol. The summed E-state index contributed by atoms with van der Waals surface area (Å²) in [5.74, 6) is 0. The molecule has 2 nitrogen and oxygen atoms in total. The minimum absolute atomic E-state index is 0.359. The molecule has 48 heavy (non-hydrogen) atoms. The first-order valence-corrected chi connectivity index (χ1v) is 17.1. The van der Waals surface area contributed by atoms with Crippen LogP contribution in [0.15, 0.2) is 70.3 Å². The van der Waals surface area contributed by atoms with Gasteiger partial charge in [-0.1, -0.05) is 66.8 Å². The molecule has 12 aromatic rings. The third-order valence-corrected chi connectivity index (χ3v) is 12.8. The van der Waals surface area contributed by atoms with E-state index in [0.717, 1.165) is 22.6 Å². The summed E-state index contributed by atoms with van der Waals surface area (Å²) in [5.41, 5.74) is 5.86. The summed E-state index contributed by atoms with van der Waals surface area (Å²) in [4.78, 5) is 27.8. The molecule has 2 aliphatic rings. The predicted octanol–water partition coefficient (Wildman–Crippen LogP) is 9.96. The van der Waals surface area contributed by atoms with Gasteiger partial charge in [0.1, 0.15) is 0 Å². The minimum Gasteiger partial charge on any atom is -0.285 e. The quantitative estimate of drug-likeness (QED) is 0.0978. The number of hydrogen-bond acceptors (Lipinski definition) is 2. The fourth-order valence-electron chi connectivity index (χ4n) is 11.4. The van der Waals surface area contributed by atoms with Gasteiger partial charge in [0.05, 0.1) is 0 Å². The SMILES string of the molecule is Cc1cc2c3c4c(c5c6c7c(c(=O)c(=O)c8ccc9c%10cccc%11c%12cc(C)cc%13c(c1)c2c1c4c6c(c9c87)c(c%11%10)c1c%13%12)=CC5)C=CC3. The van der Waals surface area contributed by atoms with E-state index in [2.05, 4.69) is 80.6 Å². The molecule has 0 bridgehead atoms. The smallest absolute Gasteiger partial charge is 0.234 e. The molecule has 0 unspecified atom stereocenters. The van der Waals surface area contributed by atoms with E-state index >= 15 is 0 Å². The zero-order valence-electron chi connectivity index (χ0n) is 26.2. The maximum absolute atomic E-state index is 13.9. The van der Waals surface area contributed by atoms with Crippen LogP contribution >= 0.6 is 0 Å². The van der Waals surface area contributed by atoms with Gasteiger partial charge in [0.25, 0.3) is 0 Å². The summed E-state index contributed by atoms with van der Waals surface area (Å²) in [6.45, 7) is 4.49. The van der Waals surface area contributed by atoms with Crippen LogP contribution in [0.3, 0.4) is 0 Å². The third-order valence-electron chi connectivity index (χ3n) is 12.8. The Bertz CT molecular complexity index is 3770. The molecule has 0 N–H and O–H groups in total. The van der Waals surface area contributed by atoms with Crippen molar-refractivity contribution >= 4 is 131 Å². The van der Waals surface area contributed by atoms with Crippen LogP contribution in [-0.4, -0.2) is 0 Å². The van der Waals surface area contributed by atoms with Crippen LogP contribution in [0.25, 0.3) is 131 Å². The molecule has 218 valence electrons. The van der Waals surface area contributed by atoms with Crippen molar-refractivity contribution < 1.29 is 0 Å². The first kappa shape index (κ1) is 23.5. The van der Waals surface area contributed by atoms with Gasteiger partial charge in [-0.2, -0.15) is 0 Å². The molecule has 0 atom stereocenters. The monoisotopic (exact) mass is 606 g/mol. The topological polar surface area (TPSA) is 34.1 Å². The lowest BCUT2D eigenvalue weighted by Crippen LogP contribution is -2.39. The summed E-state index contributed by atoms with van der Waals surface area (Å²) >= 11 is 0. The summed E-state index contributed by atoms with van der Waals surface area (Å²) < 4.78 is 0. The summed E-state index contributed by atoms with van der Waals surface area (Å²) in [6, 6.07) is 20.6. The van der Waals surface area contributed by atoms with Crippen molar-refractivity contribution in [2.24, 2.45) is 0 Å². The van der Waals surface area contributed by atoms with Crippen LogP contribution in [0.4, 0.5) is 0 Å². The number of benzene rings is 12. The van der Waals surface area contributed by atoms with Crippen molar-refractivity contribution in [1.82, 2.24) is 0 Å². The fourth-order valence-corrected chi connectivity index (χ4v) is 11.4. The average Bonchev–Trinajstić information content (AvgIpc) is 3.10. The lowest BCUT2D eigenvalue weighted by Gasteiger charge is -2.32. The van der Waals surface area contributed by atoms with Crippen molar-refractivity contribution in [2.45, 2.75) is 26.7 Å². The van der Waals surface area contributed by atoms with E-state index in [1.807, 2.05) is 6.07 Å². The molecule has 14 rings (SSSR count). The Balaban J connectivity index is 1.55. The van der Waals surface area contributed by atoms with Gasteiger partial charge in [-0.05, 0) is 163 Å². The number of aryl methyl sites for hydroxylation is 2. The molecule has 0 saturated carbocycles. The first-order valence-electron chi connectivity index (χ1n) is 17.1. The predicted molar refractivity (Wildman–Crippen MR) is 204 cm³/mol. The van der Waals surface area contributed by atoms with Gasteiger partial charge in [0.15, 0.2) is 0 Å². The van der Waals surface area contributed by atoms with Crippen LogP contribution in [0.1, 0.15) is 27.8 Å². The maximum Gasteiger partial charge on any atom is 0.234 e. The lowest BCUT2D eigenvalue weighted by atomic mass is 9.70. The Labute approximate surface area is 270 Å². The Morgan fingerprint density at radius 1 is 0.438 bits per heavy atom.